The standard InChI is InChI=1S/C27H29ClF2N6O2/c1-5-21(38)35-10-15(3)36(11-14(35)2)26-17-9-18(28)22(23-19(29)7-6-8-20(23)37)24(30)25(17)32-27(33-26)34-12-16(13-34)31-4/h5-9,14-16,31,37H,1,10-13H2,2-4H3/t14-,15+/m1/s1. The Morgan fingerprint density at radius 2 is 1.89 bits per heavy atom. The molecular formula is C27H29ClF2N6O2. The maximum atomic E-state index is 16.3. The predicted molar refractivity (Wildman–Crippen MR) is 145 cm³/mol. The van der Waals surface area contributed by atoms with Crippen LogP contribution in [0, 0.1) is 11.6 Å². The van der Waals surface area contributed by atoms with Gasteiger partial charge in [-0.25, -0.2) is 13.8 Å². The van der Waals surface area contributed by atoms with Gasteiger partial charge in [-0.3, -0.25) is 4.79 Å². The van der Waals surface area contributed by atoms with E-state index in [9.17, 15) is 14.3 Å². The third-order valence-corrected chi connectivity index (χ3v) is 7.68. The number of likely N-dealkylation sites (N-methyl/N-ethyl adjacent to an activating group) is 1. The summed E-state index contributed by atoms with van der Waals surface area (Å²) in [6.07, 6.45) is 1.30. The van der Waals surface area contributed by atoms with Crippen LogP contribution in [0.2, 0.25) is 5.02 Å². The normalized spacial score (nSPS) is 20.1. The Labute approximate surface area is 224 Å². The number of aromatic hydroxyl groups is 1. The quantitative estimate of drug-likeness (QED) is 0.472. The zero-order valence-corrected chi connectivity index (χ0v) is 22.1. The van der Waals surface area contributed by atoms with Gasteiger partial charge in [0, 0.05) is 55.3 Å². The van der Waals surface area contributed by atoms with Crippen LogP contribution < -0.4 is 15.1 Å². The molecule has 2 aliphatic rings. The van der Waals surface area contributed by atoms with Gasteiger partial charge in [0.2, 0.25) is 11.9 Å². The van der Waals surface area contributed by atoms with Crippen LogP contribution in [0.1, 0.15) is 13.8 Å². The first-order chi connectivity index (χ1) is 18.1. The van der Waals surface area contributed by atoms with Crippen molar-refractivity contribution in [3.63, 3.8) is 0 Å². The van der Waals surface area contributed by atoms with Crippen LogP contribution in [0.25, 0.3) is 22.0 Å². The number of amides is 1. The lowest BCUT2D eigenvalue weighted by Gasteiger charge is -2.45. The molecule has 1 amide bonds. The fraction of sp³-hybridized carbons (Fsp3) is 0.370. The molecule has 38 heavy (non-hydrogen) atoms. The van der Waals surface area contributed by atoms with Crippen molar-refractivity contribution in [2.24, 2.45) is 0 Å². The van der Waals surface area contributed by atoms with Gasteiger partial charge in [-0.15, -0.1) is 0 Å². The number of nitrogens with one attached hydrogen (secondary N) is 1. The number of anilines is 2. The molecule has 8 nitrogen and oxygen atoms in total. The van der Waals surface area contributed by atoms with E-state index in [1.807, 2.05) is 30.7 Å². The first-order valence-corrected chi connectivity index (χ1v) is 12.8. The van der Waals surface area contributed by atoms with Gasteiger partial charge < -0.3 is 25.1 Å². The Balaban J connectivity index is 1.69. The van der Waals surface area contributed by atoms with Crippen molar-refractivity contribution in [2.75, 3.05) is 43.0 Å². The molecule has 0 saturated carbocycles. The van der Waals surface area contributed by atoms with E-state index < -0.39 is 17.4 Å². The topological polar surface area (TPSA) is 84.8 Å². The van der Waals surface area contributed by atoms with Crippen LogP contribution in [0.5, 0.6) is 5.75 Å². The Morgan fingerprint density at radius 1 is 1.16 bits per heavy atom. The Morgan fingerprint density at radius 3 is 2.55 bits per heavy atom. The van der Waals surface area contributed by atoms with Gasteiger partial charge in [0.25, 0.3) is 0 Å². The maximum Gasteiger partial charge on any atom is 0.246 e. The molecule has 11 heteroatoms. The summed E-state index contributed by atoms with van der Waals surface area (Å²) in [5.74, 6) is -1.40. The molecule has 200 valence electrons. The zero-order chi connectivity index (χ0) is 27.3. The number of fused-ring (bicyclic) bond motifs is 1. The number of nitrogens with zero attached hydrogens (tertiary/aromatic N) is 5. The molecule has 2 saturated heterocycles. The van der Waals surface area contributed by atoms with Crippen LogP contribution in [-0.4, -0.2) is 77.2 Å². The van der Waals surface area contributed by atoms with Crippen LogP contribution >= 0.6 is 11.6 Å². The van der Waals surface area contributed by atoms with Crippen molar-refractivity contribution in [3.05, 3.63) is 53.6 Å². The highest BCUT2D eigenvalue weighted by molar-refractivity contribution is 6.34. The molecule has 3 heterocycles. The Hall–Kier alpha value is -3.50. The van der Waals surface area contributed by atoms with E-state index in [-0.39, 0.29) is 45.7 Å². The molecule has 3 aromatic rings. The molecule has 2 N–H and O–H groups in total. The molecule has 2 aromatic carbocycles. The maximum absolute atomic E-state index is 16.3. The highest BCUT2D eigenvalue weighted by Gasteiger charge is 2.35. The van der Waals surface area contributed by atoms with Gasteiger partial charge in [-0.2, -0.15) is 4.98 Å². The van der Waals surface area contributed by atoms with E-state index in [2.05, 4.69) is 16.9 Å². The second kappa shape index (κ2) is 9.99. The fourth-order valence-electron chi connectivity index (χ4n) is 5.19. The summed E-state index contributed by atoms with van der Waals surface area (Å²) in [4.78, 5) is 27.5. The summed E-state index contributed by atoms with van der Waals surface area (Å²) in [7, 11) is 1.87. The average molecular weight is 543 g/mol. The lowest BCUT2D eigenvalue weighted by molar-refractivity contribution is -0.128. The van der Waals surface area contributed by atoms with E-state index in [4.69, 9.17) is 16.6 Å². The summed E-state index contributed by atoms with van der Waals surface area (Å²) >= 11 is 6.55. The Kier molecular flexibility index (Phi) is 6.87. The molecular weight excluding hydrogens is 514 g/mol. The number of carbonyl (C=O) groups is 1. The van der Waals surface area contributed by atoms with Crippen molar-refractivity contribution in [3.8, 4) is 16.9 Å². The molecule has 0 unspecified atom stereocenters. The smallest absolute Gasteiger partial charge is 0.246 e. The molecule has 0 radical (unpaired) electrons. The number of halogens is 3. The minimum atomic E-state index is -0.843. The van der Waals surface area contributed by atoms with Crippen LogP contribution in [-0.2, 0) is 4.79 Å². The van der Waals surface area contributed by atoms with Gasteiger partial charge >= 0.3 is 0 Å². The number of benzene rings is 2. The van der Waals surface area contributed by atoms with E-state index in [0.717, 1.165) is 6.07 Å². The second-order valence-corrected chi connectivity index (χ2v) is 10.3. The minimum absolute atomic E-state index is 0.0237. The predicted octanol–water partition coefficient (Wildman–Crippen LogP) is 3.95. The first kappa shape index (κ1) is 26.1. The highest BCUT2D eigenvalue weighted by Crippen LogP contribution is 2.43. The highest BCUT2D eigenvalue weighted by atomic mass is 35.5. The van der Waals surface area contributed by atoms with Gasteiger partial charge in [0.1, 0.15) is 22.9 Å². The lowest BCUT2D eigenvalue weighted by atomic mass is 10.00. The first-order valence-electron chi connectivity index (χ1n) is 12.4. The van der Waals surface area contributed by atoms with Crippen molar-refractivity contribution < 1.29 is 18.7 Å². The minimum Gasteiger partial charge on any atom is -0.507 e. The number of rotatable bonds is 5. The van der Waals surface area contributed by atoms with E-state index >= 15 is 4.39 Å². The number of hydrogen-bond donors (Lipinski definition) is 2. The van der Waals surface area contributed by atoms with Gasteiger partial charge in [-0.05, 0) is 45.2 Å². The Bertz CT molecular complexity index is 1410. The molecule has 0 bridgehead atoms. The molecule has 2 atom stereocenters. The molecule has 2 fully saturated rings. The van der Waals surface area contributed by atoms with Crippen LogP contribution in [0.3, 0.4) is 0 Å². The molecule has 0 spiro atoms. The number of hydrogen-bond acceptors (Lipinski definition) is 7. The van der Waals surface area contributed by atoms with E-state index in [0.29, 0.717) is 43.3 Å². The van der Waals surface area contributed by atoms with Crippen LogP contribution in [0.15, 0.2) is 36.9 Å². The monoisotopic (exact) mass is 542 g/mol. The summed E-state index contributed by atoms with van der Waals surface area (Å²) in [6.45, 7) is 9.66. The number of piperazine rings is 1. The van der Waals surface area contributed by atoms with E-state index in [1.54, 1.807) is 4.90 Å². The summed E-state index contributed by atoms with van der Waals surface area (Å²) in [6, 6.07) is 5.21. The van der Waals surface area contributed by atoms with Crippen molar-refractivity contribution in [2.45, 2.75) is 32.0 Å². The average Bonchev–Trinajstić information content (AvgIpc) is 2.85. The summed E-state index contributed by atoms with van der Waals surface area (Å²) in [5.41, 5.74) is -0.606. The van der Waals surface area contributed by atoms with Gasteiger partial charge in [-0.1, -0.05) is 24.2 Å². The van der Waals surface area contributed by atoms with Gasteiger partial charge in [0.05, 0.1) is 10.6 Å². The van der Waals surface area contributed by atoms with Crippen molar-refractivity contribution in [1.82, 2.24) is 20.2 Å². The largest absolute Gasteiger partial charge is 0.507 e. The summed E-state index contributed by atoms with van der Waals surface area (Å²) in [5, 5.41) is 13.9. The third-order valence-electron chi connectivity index (χ3n) is 7.38. The number of aromatic nitrogens is 2. The molecule has 2 aliphatic heterocycles. The van der Waals surface area contributed by atoms with E-state index in [1.165, 1.54) is 24.3 Å². The van der Waals surface area contributed by atoms with Crippen molar-refractivity contribution in [1.29, 1.82) is 0 Å². The fourth-order valence-corrected chi connectivity index (χ4v) is 5.48. The number of phenolic OH excluding ortho intramolecular Hbond substituents is 1. The number of phenols is 1. The molecule has 0 aliphatic carbocycles. The SMILES string of the molecule is C=CC(=O)N1C[C@H](C)N(c2nc(N3CC(NC)C3)nc3c(F)c(-c4c(O)cccc4F)c(Cl)cc23)C[C@H]1C. The van der Waals surface area contributed by atoms with Crippen molar-refractivity contribution >= 4 is 40.2 Å². The lowest BCUT2D eigenvalue weighted by Crippen LogP contribution is -2.59. The van der Waals surface area contributed by atoms with Gasteiger partial charge in [0.15, 0.2) is 5.82 Å². The zero-order valence-electron chi connectivity index (χ0n) is 21.4. The molecule has 1 aromatic heterocycles. The second-order valence-electron chi connectivity index (χ2n) is 9.86. The third kappa shape index (κ3) is 4.31. The molecule has 5 rings (SSSR count). The number of carbonyl (C=O) groups excluding carboxylic acids is 1. The van der Waals surface area contributed by atoms with Crippen LogP contribution in [0.4, 0.5) is 20.5 Å². The summed E-state index contributed by atoms with van der Waals surface area (Å²) < 4.78 is 31.0.